The molecule has 0 atom stereocenters. The number of fused-ring (bicyclic) bond motifs is 1. The molecule has 0 aliphatic carbocycles. The summed E-state index contributed by atoms with van der Waals surface area (Å²) in [5, 5.41) is 2.26. The van der Waals surface area contributed by atoms with Crippen molar-refractivity contribution < 1.29 is 0 Å². The van der Waals surface area contributed by atoms with Crippen LogP contribution in [-0.2, 0) is 6.42 Å². The van der Waals surface area contributed by atoms with Crippen LogP contribution in [0.1, 0.15) is 11.1 Å². The predicted molar refractivity (Wildman–Crippen MR) is 83.1 cm³/mol. The van der Waals surface area contributed by atoms with E-state index in [0.717, 1.165) is 27.4 Å². The van der Waals surface area contributed by atoms with Crippen molar-refractivity contribution in [3.8, 4) is 0 Å². The maximum absolute atomic E-state index is 6.09. The summed E-state index contributed by atoms with van der Waals surface area (Å²) in [5.74, 6) is 0.592. The van der Waals surface area contributed by atoms with Crippen LogP contribution < -0.4 is 5.73 Å². The van der Waals surface area contributed by atoms with E-state index in [1.165, 1.54) is 5.56 Å². The van der Waals surface area contributed by atoms with Gasteiger partial charge in [-0.15, -0.1) is 0 Å². The van der Waals surface area contributed by atoms with Gasteiger partial charge in [0.05, 0.1) is 0 Å². The lowest BCUT2D eigenvalue weighted by Crippen LogP contribution is -2.01. The highest BCUT2D eigenvalue weighted by Crippen LogP contribution is 2.30. The van der Waals surface area contributed by atoms with E-state index in [1.807, 2.05) is 30.3 Å². The minimum Gasteiger partial charge on any atom is -0.383 e. The first kappa shape index (κ1) is 12.2. The van der Waals surface area contributed by atoms with Gasteiger partial charge in [0, 0.05) is 17.4 Å². The van der Waals surface area contributed by atoms with Crippen molar-refractivity contribution in [1.82, 2.24) is 4.98 Å². The van der Waals surface area contributed by atoms with E-state index in [-0.39, 0.29) is 0 Å². The molecule has 3 heteroatoms. The van der Waals surface area contributed by atoms with Crippen LogP contribution in [0.5, 0.6) is 0 Å². The number of nitrogens with two attached hydrogens (primary N) is 1. The maximum Gasteiger partial charge on any atom is 0.128 e. The molecule has 3 aromatic rings. The van der Waals surface area contributed by atoms with Crippen LogP contribution >= 0.6 is 15.9 Å². The third kappa shape index (κ3) is 2.34. The molecule has 0 spiro atoms. The molecule has 0 amide bonds. The number of aromatic nitrogens is 1. The van der Waals surface area contributed by atoms with Crippen molar-refractivity contribution >= 4 is 32.5 Å². The predicted octanol–water partition coefficient (Wildman–Crippen LogP) is 4.17. The third-order valence-corrected chi connectivity index (χ3v) is 3.83. The van der Waals surface area contributed by atoms with Crippen LogP contribution in [0.4, 0.5) is 5.82 Å². The standard InChI is InChI=1S/C16H13BrN2/c17-15-13-9-5-4-8-12(13)14(16(18)19-15)10-11-6-2-1-3-7-11/h1-9H,10H2,(H2,18,19). The molecule has 2 aromatic carbocycles. The van der Waals surface area contributed by atoms with Gasteiger partial charge in [-0.1, -0.05) is 54.6 Å². The fourth-order valence-corrected chi connectivity index (χ4v) is 2.82. The van der Waals surface area contributed by atoms with Gasteiger partial charge in [0.25, 0.3) is 0 Å². The molecule has 0 saturated carbocycles. The van der Waals surface area contributed by atoms with Crippen molar-refractivity contribution in [2.24, 2.45) is 0 Å². The Bertz CT molecular complexity index is 723. The van der Waals surface area contributed by atoms with Crippen LogP contribution in [0.3, 0.4) is 0 Å². The van der Waals surface area contributed by atoms with Crippen LogP contribution in [0.2, 0.25) is 0 Å². The van der Waals surface area contributed by atoms with Crippen LogP contribution in [0.25, 0.3) is 10.8 Å². The molecule has 19 heavy (non-hydrogen) atoms. The maximum atomic E-state index is 6.09. The van der Waals surface area contributed by atoms with Gasteiger partial charge in [-0.05, 0) is 26.9 Å². The zero-order chi connectivity index (χ0) is 13.2. The molecule has 94 valence electrons. The summed E-state index contributed by atoms with van der Waals surface area (Å²) in [6.45, 7) is 0. The van der Waals surface area contributed by atoms with Gasteiger partial charge in [-0.2, -0.15) is 0 Å². The lowest BCUT2D eigenvalue weighted by atomic mass is 10.00. The van der Waals surface area contributed by atoms with Gasteiger partial charge in [0.2, 0.25) is 0 Å². The molecule has 0 bridgehead atoms. The average Bonchev–Trinajstić information content (AvgIpc) is 2.45. The van der Waals surface area contributed by atoms with E-state index in [2.05, 4.69) is 45.2 Å². The second-order valence-electron chi connectivity index (χ2n) is 4.47. The Kier molecular flexibility index (Phi) is 3.22. The Morgan fingerprint density at radius 2 is 1.53 bits per heavy atom. The molecule has 2 N–H and O–H groups in total. The van der Waals surface area contributed by atoms with Gasteiger partial charge < -0.3 is 5.73 Å². The van der Waals surface area contributed by atoms with Crippen molar-refractivity contribution in [2.45, 2.75) is 6.42 Å². The number of halogens is 1. The monoisotopic (exact) mass is 312 g/mol. The lowest BCUT2D eigenvalue weighted by molar-refractivity contribution is 1.17. The molecule has 2 nitrogen and oxygen atoms in total. The fraction of sp³-hybridized carbons (Fsp3) is 0.0625. The van der Waals surface area contributed by atoms with E-state index in [9.17, 15) is 0 Å². The summed E-state index contributed by atoms with van der Waals surface area (Å²) < 4.78 is 0.803. The van der Waals surface area contributed by atoms with Crippen LogP contribution in [0.15, 0.2) is 59.2 Å². The summed E-state index contributed by atoms with van der Waals surface area (Å²) >= 11 is 3.48. The third-order valence-electron chi connectivity index (χ3n) is 3.23. The Hall–Kier alpha value is -1.87. The zero-order valence-corrected chi connectivity index (χ0v) is 11.9. The van der Waals surface area contributed by atoms with E-state index in [1.54, 1.807) is 0 Å². The van der Waals surface area contributed by atoms with Crippen LogP contribution in [0, 0.1) is 0 Å². The first-order valence-corrected chi connectivity index (χ1v) is 6.91. The number of nitrogen functional groups attached to an aromatic ring is 1. The van der Waals surface area contributed by atoms with Gasteiger partial charge >= 0.3 is 0 Å². The number of nitrogens with zero attached hydrogens (tertiary/aromatic N) is 1. The number of hydrogen-bond acceptors (Lipinski definition) is 2. The van der Waals surface area contributed by atoms with Gasteiger partial charge in [-0.25, -0.2) is 4.98 Å². The van der Waals surface area contributed by atoms with E-state index < -0.39 is 0 Å². The van der Waals surface area contributed by atoms with Crippen molar-refractivity contribution in [3.63, 3.8) is 0 Å². The van der Waals surface area contributed by atoms with Crippen molar-refractivity contribution in [1.29, 1.82) is 0 Å². The van der Waals surface area contributed by atoms with E-state index in [4.69, 9.17) is 5.73 Å². The summed E-state index contributed by atoms with van der Waals surface area (Å²) in [6, 6.07) is 18.5. The summed E-state index contributed by atoms with van der Waals surface area (Å²) in [7, 11) is 0. The Labute approximate surface area is 120 Å². The van der Waals surface area contributed by atoms with Crippen molar-refractivity contribution in [3.05, 3.63) is 70.3 Å². The van der Waals surface area contributed by atoms with Crippen LogP contribution in [-0.4, -0.2) is 4.98 Å². The van der Waals surface area contributed by atoms with E-state index in [0.29, 0.717) is 5.82 Å². The largest absolute Gasteiger partial charge is 0.383 e. The normalized spacial score (nSPS) is 10.8. The highest BCUT2D eigenvalue weighted by molar-refractivity contribution is 9.10. The molecule has 3 rings (SSSR count). The minimum atomic E-state index is 0.592. The first-order valence-electron chi connectivity index (χ1n) is 6.12. The second-order valence-corrected chi connectivity index (χ2v) is 5.23. The van der Waals surface area contributed by atoms with Crippen molar-refractivity contribution in [2.75, 3.05) is 5.73 Å². The molecular weight excluding hydrogens is 300 g/mol. The minimum absolute atomic E-state index is 0.592. The SMILES string of the molecule is Nc1nc(Br)c2ccccc2c1Cc1ccccc1. The summed E-state index contributed by atoms with van der Waals surface area (Å²) in [5.41, 5.74) is 8.42. The number of rotatable bonds is 2. The summed E-state index contributed by atoms with van der Waals surface area (Å²) in [6.07, 6.45) is 0.799. The molecule has 0 radical (unpaired) electrons. The number of pyridine rings is 1. The quantitative estimate of drug-likeness (QED) is 0.721. The highest BCUT2D eigenvalue weighted by atomic mass is 79.9. The molecular formula is C16H13BrN2. The number of hydrogen-bond donors (Lipinski definition) is 1. The Morgan fingerprint density at radius 3 is 2.26 bits per heavy atom. The molecule has 0 aliphatic heterocycles. The second kappa shape index (κ2) is 5.02. The van der Waals surface area contributed by atoms with Gasteiger partial charge in [0.15, 0.2) is 0 Å². The van der Waals surface area contributed by atoms with E-state index >= 15 is 0 Å². The Morgan fingerprint density at radius 1 is 0.895 bits per heavy atom. The number of benzene rings is 2. The topological polar surface area (TPSA) is 38.9 Å². The molecule has 1 heterocycles. The summed E-state index contributed by atoms with van der Waals surface area (Å²) in [4.78, 5) is 4.39. The smallest absolute Gasteiger partial charge is 0.128 e. The molecule has 0 fully saturated rings. The average molecular weight is 313 g/mol. The molecule has 0 unspecified atom stereocenters. The molecule has 0 saturated heterocycles. The fourth-order valence-electron chi connectivity index (χ4n) is 2.28. The molecule has 0 aliphatic rings. The van der Waals surface area contributed by atoms with Gasteiger partial charge in [-0.3, -0.25) is 0 Å². The Balaban J connectivity index is 2.18. The zero-order valence-electron chi connectivity index (χ0n) is 10.3. The first-order chi connectivity index (χ1) is 9.25. The molecule has 1 aromatic heterocycles. The van der Waals surface area contributed by atoms with Gasteiger partial charge in [0.1, 0.15) is 10.4 Å². The lowest BCUT2D eigenvalue weighted by Gasteiger charge is -2.11. The number of anilines is 1. The highest BCUT2D eigenvalue weighted by Gasteiger charge is 2.10.